The molecule has 0 saturated heterocycles. The molecule has 1 aromatic carbocycles. The molecule has 2 heterocycles. The summed E-state index contributed by atoms with van der Waals surface area (Å²) in [5.74, 6) is -0.206. The van der Waals surface area contributed by atoms with Gasteiger partial charge in [-0.15, -0.1) is 11.3 Å². The number of para-hydroxylation sites is 1. The number of hydrazone groups is 1. The van der Waals surface area contributed by atoms with Crippen molar-refractivity contribution in [3.63, 3.8) is 0 Å². The molecule has 2 N–H and O–H groups in total. The topological polar surface area (TPSA) is 66.4 Å². The molecule has 0 radical (unpaired) electrons. The van der Waals surface area contributed by atoms with Crippen molar-refractivity contribution in [2.75, 3.05) is 11.9 Å². The quantitative estimate of drug-likeness (QED) is 0.562. The molecule has 0 atom stereocenters. The number of hydrogen-bond donors (Lipinski definition) is 2. The lowest BCUT2D eigenvalue weighted by atomic mass is 10.3. The number of benzene rings is 1. The largest absolute Gasteiger partial charge is 0.352 e. The van der Waals surface area contributed by atoms with Crippen LogP contribution >= 0.6 is 22.7 Å². The van der Waals surface area contributed by atoms with Gasteiger partial charge in [0.1, 0.15) is 0 Å². The molecular formula is C14H12N4OS2. The molecule has 21 heavy (non-hydrogen) atoms. The number of fused-ring (bicyclic) bond motifs is 1. The summed E-state index contributed by atoms with van der Waals surface area (Å²) < 4.78 is 1.09. The lowest BCUT2D eigenvalue weighted by Crippen LogP contribution is -2.25. The highest BCUT2D eigenvalue weighted by Crippen LogP contribution is 2.24. The normalized spacial score (nSPS) is 11.0. The van der Waals surface area contributed by atoms with Gasteiger partial charge >= 0.3 is 0 Å². The third-order valence-corrected chi connectivity index (χ3v) is 4.42. The van der Waals surface area contributed by atoms with Gasteiger partial charge in [0.25, 0.3) is 5.91 Å². The molecule has 2 aromatic heterocycles. The van der Waals surface area contributed by atoms with Crippen LogP contribution in [0.3, 0.4) is 0 Å². The molecule has 0 saturated carbocycles. The number of rotatable bonds is 5. The number of thiazole rings is 1. The summed E-state index contributed by atoms with van der Waals surface area (Å²) in [6, 6.07) is 11.7. The van der Waals surface area contributed by atoms with Gasteiger partial charge in [0, 0.05) is 4.88 Å². The van der Waals surface area contributed by atoms with Crippen LogP contribution in [-0.4, -0.2) is 23.7 Å². The first-order valence-electron chi connectivity index (χ1n) is 6.26. The summed E-state index contributed by atoms with van der Waals surface area (Å²) in [5, 5.41) is 9.59. The Morgan fingerprint density at radius 1 is 1.29 bits per heavy atom. The second-order valence-corrected chi connectivity index (χ2v) is 6.16. The van der Waals surface area contributed by atoms with E-state index >= 15 is 0 Å². The standard InChI is InChI=1S/C14H12N4OS2/c19-13(18-16-8-10-4-3-7-20-10)9-15-14-17-11-5-1-2-6-12(11)21-14/h1-8H,9H2,(H,15,17)(H,18,19)/b16-8-. The molecule has 7 heteroatoms. The van der Waals surface area contributed by atoms with Crippen LogP contribution in [0.5, 0.6) is 0 Å². The lowest BCUT2D eigenvalue weighted by Gasteiger charge is -2.00. The first-order chi connectivity index (χ1) is 10.3. The van der Waals surface area contributed by atoms with Crippen molar-refractivity contribution in [2.45, 2.75) is 0 Å². The minimum atomic E-state index is -0.206. The van der Waals surface area contributed by atoms with E-state index in [0.29, 0.717) is 0 Å². The van der Waals surface area contributed by atoms with Gasteiger partial charge in [-0.1, -0.05) is 29.5 Å². The van der Waals surface area contributed by atoms with Crippen molar-refractivity contribution >= 4 is 50.1 Å². The van der Waals surface area contributed by atoms with E-state index in [9.17, 15) is 4.79 Å². The summed E-state index contributed by atoms with van der Waals surface area (Å²) >= 11 is 3.08. The Bertz CT molecular complexity index is 731. The van der Waals surface area contributed by atoms with Gasteiger partial charge < -0.3 is 5.32 Å². The van der Waals surface area contributed by atoms with Crippen molar-refractivity contribution in [3.05, 3.63) is 46.7 Å². The molecule has 5 nitrogen and oxygen atoms in total. The third kappa shape index (κ3) is 3.65. The molecule has 0 fully saturated rings. The van der Waals surface area contributed by atoms with Gasteiger partial charge in [0.05, 0.1) is 23.0 Å². The van der Waals surface area contributed by atoms with Crippen LogP contribution in [0.4, 0.5) is 5.13 Å². The van der Waals surface area contributed by atoms with Crippen LogP contribution < -0.4 is 10.7 Å². The maximum Gasteiger partial charge on any atom is 0.259 e. The highest BCUT2D eigenvalue weighted by molar-refractivity contribution is 7.22. The minimum Gasteiger partial charge on any atom is -0.352 e. The number of thiophene rings is 1. The molecule has 0 bridgehead atoms. The number of aromatic nitrogens is 1. The minimum absolute atomic E-state index is 0.140. The van der Waals surface area contributed by atoms with E-state index in [4.69, 9.17) is 0 Å². The fourth-order valence-corrected chi connectivity index (χ4v) is 3.12. The fraction of sp³-hybridized carbons (Fsp3) is 0.0714. The summed E-state index contributed by atoms with van der Waals surface area (Å²) in [5.41, 5.74) is 3.41. The smallest absolute Gasteiger partial charge is 0.259 e. The Morgan fingerprint density at radius 3 is 3.00 bits per heavy atom. The van der Waals surface area contributed by atoms with Crippen LogP contribution in [0.2, 0.25) is 0 Å². The summed E-state index contributed by atoms with van der Waals surface area (Å²) in [6.07, 6.45) is 1.63. The van der Waals surface area contributed by atoms with Crippen LogP contribution in [-0.2, 0) is 4.79 Å². The molecular weight excluding hydrogens is 304 g/mol. The molecule has 1 amide bonds. The molecule has 106 valence electrons. The van der Waals surface area contributed by atoms with Gasteiger partial charge in [-0.2, -0.15) is 5.10 Å². The number of hydrogen-bond acceptors (Lipinski definition) is 6. The highest BCUT2D eigenvalue weighted by atomic mass is 32.1. The first kappa shape index (κ1) is 13.7. The van der Waals surface area contributed by atoms with E-state index < -0.39 is 0 Å². The summed E-state index contributed by atoms with van der Waals surface area (Å²) in [6.45, 7) is 0.140. The average Bonchev–Trinajstić information content (AvgIpc) is 3.13. The van der Waals surface area contributed by atoms with Crippen LogP contribution in [0.1, 0.15) is 4.88 Å². The van der Waals surface area contributed by atoms with Crippen molar-refractivity contribution in [2.24, 2.45) is 5.10 Å². The van der Waals surface area contributed by atoms with E-state index in [0.717, 1.165) is 20.2 Å². The predicted octanol–water partition coefficient (Wildman–Crippen LogP) is 2.92. The van der Waals surface area contributed by atoms with E-state index in [-0.39, 0.29) is 12.5 Å². The van der Waals surface area contributed by atoms with Crippen molar-refractivity contribution in [1.82, 2.24) is 10.4 Å². The van der Waals surface area contributed by atoms with Gasteiger partial charge in [-0.25, -0.2) is 10.4 Å². The predicted molar refractivity (Wildman–Crippen MR) is 88.2 cm³/mol. The summed E-state index contributed by atoms with van der Waals surface area (Å²) in [7, 11) is 0. The zero-order valence-electron chi connectivity index (χ0n) is 10.9. The van der Waals surface area contributed by atoms with Crippen LogP contribution in [0.25, 0.3) is 10.2 Å². The molecule has 0 spiro atoms. The fourth-order valence-electron chi connectivity index (χ4n) is 1.68. The average molecular weight is 316 g/mol. The Balaban J connectivity index is 1.51. The highest BCUT2D eigenvalue weighted by Gasteiger charge is 2.04. The van der Waals surface area contributed by atoms with Crippen LogP contribution in [0.15, 0.2) is 46.9 Å². The van der Waals surface area contributed by atoms with E-state index in [1.807, 2.05) is 41.8 Å². The van der Waals surface area contributed by atoms with Gasteiger partial charge in [0.2, 0.25) is 0 Å². The SMILES string of the molecule is O=C(CNc1nc2ccccc2s1)N/N=C\c1cccs1. The third-order valence-electron chi connectivity index (χ3n) is 2.62. The lowest BCUT2D eigenvalue weighted by molar-refractivity contribution is -0.119. The van der Waals surface area contributed by atoms with Crippen LogP contribution in [0, 0.1) is 0 Å². The molecule has 0 aliphatic rings. The van der Waals surface area contributed by atoms with Gasteiger partial charge in [-0.3, -0.25) is 4.79 Å². The Morgan fingerprint density at radius 2 is 2.19 bits per heavy atom. The second-order valence-electron chi connectivity index (χ2n) is 4.15. The van der Waals surface area contributed by atoms with Crippen molar-refractivity contribution < 1.29 is 4.79 Å². The van der Waals surface area contributed by atoms with Crippen molar-refractivity contribution in [3.8, 4) is 0 Å². The number of anilines is 1. The number of carbonyl (C=O) groups is 1. The second kappa shape index (κ2) is 6.47. The molecule has 3 rings (SSSR count). The Kier molecular flexibility index (Phi) is 4.23. The zero-order valence-corrected chi connectivity index (χ0v) is 12.6. The first-order valence-corrected chi connectivity index (χ1v) is 7.96. The van der Waals surface area contributed by atoms with E-state index in [1.54, 1.807) is 17.6 Å². The molecule has 0 aliphatic carbocycles. The molecule has 0 unspecified atom stereocenters. The monoisotopic (exact) mass is 316 g/mol. The maximum atomic E-state index is 11.7. The maximum absolute atomic E-state index is 11.7. The number of amides is 1. The number of nitrogens with zero attached hydrogens (tertiary/aromatic N) is 2. The Labute approximate surface area is 129 Å². The van der Waals surface area contributed by atoms with E-state index in [2.05, 4.69) is 20.8 Å². The number of nitrogens with one attached hydrogen (secondary N) is 2. The number of carbonyl (C=O) groups excluding carboxylic acids is 1. The van der Waals surface area contributed by atoms with Crippen molar-refractivity contribution in [1.29, 1.82) is 0 Å². The zero-order chi connectivity index (χ0) is 14.5. The van der Waals surface area contributed by atoms with Gasteiger partial charge in [0.15, 0.2) is 5.13 Å². The van der Waals surface area contributed by atoms with Gasteiger partial charge in [-0.05, 0) is 23.6 Å². The molecule has 0 aliphatic heterocycles. The molecule has 3 aromatic rings. The summed E-state index contributed by atoms with van der Waals surface area (Å²) in [4.78, 5) is 17.0. The Hall–Kier alpha value is -2.25. The van der Waals surface area contributed by atoms with E-state index in [1.165, 1.54) is 11.3 Å².